The third-order valence-electron chi connectivity index (χ3n) is 4.92. The zero-order chi connectivity index (χ0) is 19.5. The fourth-order valence-electron chi connectivity index (χ4n) is 3.50. The van der Waals surface area contributed by atoms with Crippen LogP contribution in [-0.2, 0) is 11.3 Å². The van der Waals surface area contributed by atoms with Gasteiger partial charge in [-0.15, -0.1) is 0 Å². The quantitative estimate of drug-likeness (QED) is 0.739. The molecule has 0 aliphatic carbocycles. The van der Waals surface area contributed by atoms with E-state index in [9.17, 15) is 14.4 Å². The van der Waals surface area contributed by atoms with E-state index in [2.05, 4.69) is 5.32 Å². The molecule has 0 radical (unpaired) electrons. The summed E-state index contributed by atoms with van der Waals surface area (Å²) < 4.78 is 6.62. The zero-order valence-electron chi connectivity index (χ0n) is 15.4. The van der Waals surface area contributed by atoms with E-state index in [-0.39, 0.29) is 24.8 Å². The SMILES string of the molecule is O=C(CCn1c(=O)oc2ccccc21)Nc1cccc(C(=O)N2CCCC2)c1. The van der Waals surface area contributed by atoms with Gasteiger partial charge in [0.25, 0.3) is 5.91 Å². The molecule has 2 amide bonds. The number of oxazole rings is 1. The molecule has 144 valence electrons. The fourth-order valence-corrected chi connectivity index (χ4v) is 3.50. The smallest absolute Gasteiger partial charge is 0.408 e. The summed E-state index contributed by atoms with van der Waals surface area (Å²) in [7, 11) is 0. The van der Waals surface area contributed by atoms with Gasteiger partial charge in [0.2, 0.25) is 5.91 Å². The Hall–Kier alpha value is -3.35. The number of carbonyl (C=O) groups is 2. The number of aromatic nitrogens is 1. The molecule has 1 saturated heterocycles. The number of aryl methyl sites for hydroxylation is 1. The van der Waals surface area contributed by atoms with Crippen LogP contribution in [-0.4, -0.2) is 34.4 Å². The van der Waals surface area contributed by atoms with Gasteiger partial charge in [0.1, 0.15) is 0 Å². The minimum absolute atomic E-state index is 0.00924. The van der Waals surface area contributed by atoms with Gasteiger partial charge in [0, 0.05) is 37.3 Å². The number of benzene rings is 2. The van der Waals surface area contributed by atoms with Crippen molar-refractivity contribution in [2.24, 2.45) is 0 Å². The minimum atomic E-state index is -0.479. The first-order valence-corrected chi connectivity index (χ1v) is 9.39. The number of anilines is 1. The first-order chi connectivity index (χ1) is 13.6. The molecule has 1 aliphatic heterocycles. The van der Waals surface area contributed by atoms with E-state index in [4.69, 9.17) is 4.42 Å². The van der Waals surface area contributed by atoms with E-state index >= 15 is 0 Å². The van der Waals surface area contributed by atoms with Gasteiger partial charge in [0.15, 0.2) is 5.58 Å². The highest BCUT2D eigenvalue weighted by Gasteiger charge is 2.19. The van der Waals surface area contributed by atoms with Gasteiger partial charge >= 0.3 is 5.76 Å². The van der Waals surface area contributed by atoms with Crippen LogP contribution in [0.25, 0.3) is 11.1 Å². The van der Waals surface area contributed by atoms with Crippen LogP contribution in [0, 0.1) is 0 Å². The van der Waals surface area contributed by atoms with Gasteiger partial charge in [-0.05, 0) is 43.2 Å². The lowest BCUT2D eigenvalue weighted by molar-refractivity contribution is -0.116. The molecular weight excluding hydrogens is 358 g/mol. The maximum absolute atomic E-state index is 12.5. The van der Waals surface area contributed by atoms with Crippen LogP contribution in [0.15, 0.2) is 57.7 Å². The molecule has 4 rings (SSSR count). The van der Waals surface area contributed by atoms with Crippen molar-refractivity contribution in [2.75, 3.05) is 18.4 Å². The van der Waals surface area contributed by atoms with E-state index in [1.54, 1.807) is 42.5 Å². The second-order valence-corrected chi connectivity index (χ2v) is 6.87. The second kappa shape index (κ2) is 7.72. The number of rotatable bonds is 5. The molecule has 0 atom stereocenters. The van der Waals surface area contributed by atoms with Gasteiger partial charge in [0.05, 0.1) is 5.52 Å². The van der Waals surface area contributed by atoms with Crippen molar-refractivity contribution in [2.45, 2.75) is 25.8 Å². The fraction of sp³-hybridized carbons (Fsp3) is 0.286. The van der Waals surface area contributed by atoms with Crippen LogP contribution in [0.4, 0.5) is 5.69 Å². The minimum Gasteiger partial charge on any atom is -0.408 e. The van der Waals surface area contributed by atoms with Gasteiger partial charge in [-0.2, -0.15) is 0 Å². The summed E-state index contributed by atoms with van der Waals surface area (Å²) in [5, 5.41) is 2.80. The number of amides is 2. The number of nitrogens with zero attached hydrogens (tertiary/aromatic N) is 2. The molecule has 0 saturated carbocycles. The van der Waals surface area contributed by atoms with E-state index in [0.29, 0.717) is 22.4 Å². The molecule has 28 heavy (non-hydrogen) atoms. The summed E-state index contributed by atoms with van der Waals surface area (Å²) in [4.78, 5) is 38.6. The summed E-state index contributed by atoms with van der Waals surface area (Å²) in [6.07, 6.45) is 2.18. The number of fused-ring (bicyclic) bond motifs is 1. The molecule has 0 spiro atoms. The predicted octanol–water partition coefficient (Wildman–Crippen LogP) is 2.86. The van der Waals surface area contributed by atoms with Crippen LogP contribution in [0.1, 0.15) is 29.6 Å². The Labute approximate surface area is 161 Å². The first-order valence-electron chi connectivity index (χ1n) is 9.39. The highest BCUT2D eigenvalue weighted by molar-refractivity contribution is 5.97. The predicted molar refractivity (Wildman–Crippen MR) is 105 cm³/mol. The van der Waals surface area contributed by atoms with Crippen molar-refractivity contribution in [3.05, 3.63) is 64.6 Å². The highest BCUT2D eigenvalue weighted by Crippen LogP contribution is 2.17. The Morgan fingerprint density at radius 1 is 1.04 bits per heavy atom. The number of likely N-dealkylation sites (tertiary alicyclic amines) is 1. The molecular formula is C21H21N3O4. The van der Waals surface area contributed by atoms with Crippen molar-refractivity contribution in [1.82, 2.24) is 9.47 Å². The molecule has 2 aromatic carbocycles. The van der Waals surface area contributed by atoms with Crippen molar-refractivity contribution >= 4 is 28.6 Å². The molecule has 7 heteroatoms. The third-order valence-corrected chi connectivity index (χ3v) is 4.92. The summed E-state index contributed by atoms with van der Waals surface area (Å²) in [6.45, 7) is 1.78. The molecule has 1 aliphatic rings. The topological polar surface area (TPSA) is 84.5 Å². The molecule has 1 fully saturated rings. The summed E-state index contributed by atoms with van der Waals surface area (Å²) in [6, 6.07) is 14.1. The lowest BCUT2D eigenvalue weighted by atomic mass is 10.1. The summed E-state index contributed by atoms with van der Waals surface area (Å²) >= 11 is 0. The number of hydrogen-bond donors (Lipinski definition) is 1. The Bertz CT molecular complexity index is 1080. The maximum Gasteiger partial charge on any atom is 0.419 e. The van der Waals surface area contributed by atoms with Crippen LogP contribution >= 0.6 is 0 Å². The van der Waals surface area contributed by atoms with Crippen LogP contribution < -0.4 is 11.1 Å². The Morgan fingerprint density at radius 3 is 2.64 bits per heavy atom. The molecule has 1 N–H and O–H groups in total. The Balaban J connectivity index is 1.41. The average molecular weight is 379 g/mol. The first kappa shape index (κ1) is 18.0. The monoisotopic (exact) mass is 379 g/mol. The molecule has 0 bridgehead atoms. The number of nitrogens with one attached hydrogen (secondary N) is 1. The molecule has 2 heterocycles. The second-order valence-electron chi connectivity index (χ2n) is 6.87. The largest absolute Gasteiger partial charge is 0.419 e. The van der Waals surface area contributed by atoms with Gasteiger partial charge in [-0.1, -0.05) is 18.2 Å². The average Bonchev–Trinajstić information content (AvgIpc) is 3.33. The Kier molecular flexibility index (Phi) is 4.97. The van der Waals surface area contributed by atoms with Crippen LogP contribution in [0.5, 0.6) is 0 Å². The third kappa shape index (κ3) is 3.69. The number of carbonyl (C=O) groups excluding carboxylic acids is 2. The maximum atomic E-state index is 12.5. The van der Waals surface area contributed by atoms with Crippen molar-refractivity contribution in [3.8, 4) is 0 Å². The van der Waals surface area contributed by atoms with Crippen molar-refractivity contribution < 1.29 is 14.0 Å². The number of hydrogen-bond acceptors (Lipinski definition) is 4. The van der Waals surface area contributed by atoms with Crippen molar-refractivity contribution in [3.63, 3.8) is 0 Å². The summed E-state index contributed by atoms with van der Waals surface area (Å²) in [5.74, 6) is -0.722. The Morgan fingerprint density at radius 2 is 1.82 bits per heavy atom. The number of para-hydroxylation sites is 2. The van der Waals surface area contributed by atoms with Gasteiger partial charge in [-0.3, -0.25) is 14.2 Å². The molecule has 1 aromatic heterocycles. The molecule has 0 unspecified atom stereocenters. The van der Waals surface area contributed by atoms with E-state index < -0.39 is 5.76 Å². The lowest BCUT2D eigenvalue weighted by Crippen LogP contribution is -2.27. The molecule has 7 nitrogen and oxygen atoms in total. The van der Waals surface area contributed by atoms with E-state index in [1.165, 1.54) is 4.57 Å². The van der Waals surface area contributed by atoms with Crippen LogP contribution in [0.2, 0.25) is 0 Å². The van der Waals surface area contributed by atoms with E-state index in [0.717, 1.165) is 25.9 Å². The van der Waals surface area contributed by atoms with Crippen LogP contribution in [0.3, 0.4) is 0 Å². The molecule has 3 aromatic rings. The van der Waals surface area contributed by atoms with E-state index in [1.807, 2.05) is 11.0 Å². The lowest BCUT2D eigenvalue weighted by Gasteiger charge is -2.15. The highest BCUT2D eigenvalue weighted by atomic mass is 16.4. The normalized spacial score (nSPS) is 13.8. The standard InChI is InChI=1S/C21H21N3O4/c25-19(10-13-24-17-8-1-2-9-18(17)28-21(24)27)22-16-7-5-6-15(14-16)20(26)23-11-3-4-12-23/h1-2,5-9,14H,3-4,10-13H2,(H,22,25). The zero-order valence-corrected chi connectivity index (χ0v) is 15.4. The van der Waals surface area contributed by atoms with Gasteiger partial charge < -0.3 is 14.6 Å². The van der Waals surface area contributed by atoms with Gasteiger partial charge in [-0.25, -0.2) is 4.79 Å². The van der Waals surface area contributed by atoms with Crippen molar-refractivity contribution in [1.29, 1.82) is 0 Å². The summed E-state index contributed by atoms with van der Waals surface area (Å²) in [5.41, 5.74) is 2.30.